The van der Waals surface area contributed by atoms with Gasteiger partial charge in [-0.1, -0.05) is 54.6 Å². The molecule has 118 valence electrons. The summed E-state index contributed by atoms with van der Waals surface area (Å²) in [6.07, 6.45) is 2.71. The topological polar surface area (TPSA) is 50.9 Å². The van der Waals surface area contributed by atoms with Crippen LogP contribution in [-0.2, 0) is 25.9 Å². The molecular formula is C19H21N3O. The highest BCUT2D eigenvalue weighted by Gasteiger charge is 2.13. The Kier molecular flexibility index (Phi) is 4.83. The van der Waals surface area contributed by atoms with E-state index in [9.17, 15) is 5.11 Å². The first-order chi connectivity index (χ1) is 11.3. The van der Waals surface area contributed by atoms with Crippen LogP contribution >= 0.6 is 0 Å². The summed E-state index contributed by atoms with van der Waals surface area (Å²) in [6, 6.07) is 18.7. The highest BCUT2D eigenvalue weighted by atomic mass is 16.3. The molecule has 23 heavy (non-hydrogen) atoms. The minimum atomic E-state index is -0.0861. The van der Waals surface area contributed by atoms with Gasteiger partial charge in [0, 0.05) is 0 Å². The number of aliphatic hydroxyl groups is 1. The molecule has 1 N–H and O–H groups in total. The quantitative estimate of drug-likeness (QED) is 0.761. The van der Waals surface area contributed by atoms with Crippen molar-refractivity contribution in [1.29, 1.82) is 0 Å². The number of aromatic nitrogens is 3. The van der Waals surface area contributed by atoms with E-state index in [0.717, 1.165) is 30.6 Å². The van der Waals surface area contributed by atoms with Crippen molar-refractivity contribution in [3.05, 3.63) is 77.1 Å². The molecule has 0 bridgehead atoms. The van der Waals surface area contributed by atoms with Gasteiger partial charge < -0.3 is 5.11 Å². The third-order valence-electron chi connectivity index (χ3n) is 4.08. The van der Waals surface area contributed by atoms with Gasteiger partial charge in [-0.15, -0.1) is 5.10 Å². The van der Waals surface area contributed by atoms with Crippen LogP contribution in [0.25, 0.3) is 5.69 Å². The molecule has 4 nitrogen and oxygen atoms in total. The smallest absolute Gasteiger partial charge is 0.112 e. The van der Waals surface area contributed by atoms with Gasteiger partial charge in [0.05, 0.1) is 18.0 Å². The maximum Gasteiger partial charge on any atom is 0.112 e. The number of aliphatic hydroxyl groups excluding tert-OH is 1. The second-order valence-corrected chi connectivity index (χ2v) is 5.56. The van der Waals surface area contributed by atoms with E-state index in [1.807, 2.05) is 22.9 Å². The summed E-state index contributed by atoms with van der Waals surface area (Å²) in [5.41, 5.74) is 5.17. The van der Waals surface area contributed by atoms with Gasteiger partial charge in [-0.05, 0) is 42.5 Å². The van der Waals surface area contributed by atoms with Crippen molar-refractivity contribution >= 4 is 0 Å². The molecular weight excluding hydrogens is 286 g/mol. The lowest BCUT2D eigenvalue weighted by Crippen LogP contribution is -2.06. The monoisotopic (exact) mass is 307 g/mol. The Morgan fingerprint density at radius 2 is 1.65 bits per heavy atom. The van der Waals surface area contributed by atoms with E-state index in [0.29, 0.717) is 5.69 Å². The van der Waals surface area contributed by atoms with Gasteiger partial charge in [0.15, 0.2) is 0 Å². The lowest BCUT2D eigenvalue weighted by Gasteiger charge is -2.08. The van der Waals surface area contributed by atoms with Crippen molar-refractivity contribution < 1.29 is 5.11 Å². The lowest BCUT2D eigenvalue weighted by atomic mass is 10.1. The van der Waals surface area contributed by atoms with Gasteiger partial charge >= 0.3 is 0 Å². The lowest BCUT2D eigenvalue weighted by molar-refractivity contribution is 0.275. The Balaban J connectivity index is 1.87. The molecule has 0 amide bonds. The maximum atomic E-state index is 9.54. The van der Waals surface area contributed by atoms with Crippen LogP contribution in [0.3, 0.4) is 0 Å². The number of nitrogens with zero attached hydrogens (tertiary/aromatic N) is 3. The minimum Gasteiger partial charge on any atom is -0.390 e. The predicted molar refractivity (Wildman–Crippen MR) is 90.5 cm³/mol. The molecule has 0 radical (unpaired) electrons. The van der Waals surface area contributed by atoms with E-state index in [-0.39, 0.29) is 6.61 Å². The summed E-state index contributed by atoms with van der Waals surface area (Å²) < 4.78 is 1.84. The Hall–Kier alpha value is -2.46. The SMILES string of the molecule is CCc1ccc(-n2nnc(CO)c2CCc2ccccc2)cc1. The normalized spacial score (nSPS) is 10.9. The average Bonchev–Trinajstić information content (AvgIpc) is 3.04. The molecule has 0 aliphatic rings. The molecule has 0 aliphatic carbocycles. The van der Waals surface area contributed by atoms with Crippen molar-refractivity contribution in [3.8, 4) is 5.69 Å². The molecule has 1 heterocycles. The molecule has 0 saturated heterocycles. The van der Waals surface area contributed by atoms with Crippen molar-refractivity contribution in [3.63, 3.8) is 0 Å². The Morgan fingerprint density at radius 1 is 0.913 bits per heavy atom. The Morgan fingerprint density at radius 3 is 2.30 bits per heavy atom. The highest BCUT2D eigenvalue weighted by molar-refractivity contribution is 5.36. The van der Waals surface area contributed by atoms with Crippen LogP contribution in [-0.4, -0.2) is 20.1 Å². The van der Waals surface area contributed by atoms with Crippen molar-refractivity contribution in [2.45, 2.75) is 32.8 Å². The predicted octanol–water partition coefficient (Wildman–Crippen LogP) is 3.11. The highest BCUT2D eigenvalue weighted by Crippen LogP contribution is 2.17. The summed E-state index contributed by atoms with van der Waals surface area (Å²) in [4.78, 5) is 0. The molecule has 0 spiro atoms. The van der Waals surface area contributed by atoms with Gasteiger partial charge in [-0.2, -0.15) is 0 Å². The van der Waals surface area contributed by atoms with Crippen LogP contribution < -0.4 is 0 Å². The Bertz CT molecular complexity index is 748. The van der Waals surface area contributed by atoms with Crippen LogP contribution in [0.1, 0.15) is 29.4 Å². The van der Waals surface area contributed by atoms with Gasteiger partial charge in [-0.3, -0.25) is 0 Å². The number of aryl methyl sites for hydroxylation is 2. The molecule has 0 fully saturated rings. The fourth-order valence-corrected chi connectivity index (χ4v) is 2.69. The molecule has 3 aromatic rings. The summed E-state index contributed by atoms with van der Waals surface area (Å²) >= 11 is 0. The van der Waals surface area contributed by atoms with Gasteiger partial charge in [0.2, 0.25) is 0 Å². The van der Waals surface area contributed by atoms with Crippen LogP contribution in [0, 0.1) is 0 Å². The number of hydrogen-bond donors (Lipinski definition) is 1. The number of benzene rings is 2. The third kappa shape index (κ3) is 3.48. The summed E-state index contributed by atoms with van der Waals surface area (Å²) in [5, 5.41) is 17.9. The standard InChI is InChI=1S/C19H21N3O/c1-2-15-8-11-17(12-9-15)22-19(18(14-23)20-21-22)13-10-16-6-4-3-5-7-16/h3-9,11-12,23H,2,10,13-14H2,1H3. The van der Waals surface area contributed by atoms with E-state index in [2.05, 4.69) is 53.6 Å². The molecule has 0 unspecified atom stereocenters. The fraction of sp³-hybridized carbons (Fsp3) is 0.263. The van der Waals surface area contributed by atoms with Crippen molar-refractivity contribution in [2.24, 2.45) is 0 Å². The molecule has 0 saturated carbocycles. The zero-order chi connectivity index (χ0) is 16.1. The van der Waals surface area contributed by atoms with E-state index in [1.54, 1.807) is 0 Å². The van der Waals surface area contributed by atoms with Crippen LogP contribution in [0.15, 0.2) is 54.6 Å². The van der Waals surface area contributed by atoms with Crippen LogP contribution in [0.5, 0.6) is 0 Å². The van der Waals surface area contributed by atoms with Gasteiger partial charge in [0.25, 0.3) is 0 Å². The molecule has 0 atom stereocenters. The average molecular weight is 307 g/mol. The largest absolute Gasteiger partial charge is 0.390 e. The third-order valence-corrected chi connectivity index (χ3v) is 4.08. The second kappa shape index (κ2) is 7.20. The van der Waals surface area contributed by atoms with Crippen molar-refractivity contribution in [1.82, 2.24) is 15.0 Å². The minimum absolute atomic E-state index is 0.0861. The van der Waals surface area contributed by atoms with Crippen molar-refractivity contribution in [2.75, 3.05) is 0 Å². The van der Waals surface area contributed by atoms with Gasteiger partial charge in [-0.25, -0.2) is 4.68 Å². The summed E-state index contributed by atoms with van der Waals surface area (Å²) in [5.74, 6) is 0. The molecule has 2 aromatic carbocycles. The second-order valence-electron chi connectivity index (χ2n) is 5.56. The zero-order valence-electron chi connectivity index (χ0n) is 13.3. The van der Waals surface area contributed by atoms with E-state index >= 15 is 0 Å². The van der Waals surface area contributed by atoms with Crippen LogP contribution in [0.4, 0.5) is 0 Å². The van der Waals surface area contributed by atoms with Crippen LogP contribution in [0.2, 0.25) is 0 Å². The van der Waals surface area contributed by atoms with E-state index in [4.69, 9.17) is 0 Å². The number of hydrogen-bond acceptors (Lipinski definition) is 3. The summed E-state index contributed by atoms with van der Waals surface area (Å²) in [7, 11) is 0. The maximum absolute atomic E-state index is 9.54. The Labute approximate surface area is 136 Å². The fourth-order valence-electron chi connectivity index (χ4n) is 2.69. The number of rotatable bonds is 6. The van der Waals surface area contributed by atoms with Gasteiger partial charge in [0.1, 0.15) is 5.69 Å². The first-order valence-corrected chi connectivity index (χ1v) is 7.99. The summed E-state index contributed by atoms with van der Waals surface area (Å²) in [6.45, 7) is 2.05. The van der Waals surface area contributed by atoms with E-state index < -0.39 is 0 Å². The molecule has 4 heteroatoms. The van der Waals surface area contributed by atoms with E-state index in [1.165, 1.54) is 11.1 Å². The first kappa shape index (κ1) is 15.4. The molecule has 0 aliphatic heterocycles. The zero-order valence-corrected chi connectivity index (χ0v) is 13.3. The first-order valence-electron chi connectivity index (χ1n) is 7.99. The molecule has 3 rings (SSSR count). The molecule has 1 aromatic heterocycles.